The van der Waals surface area contributed by atoms with Crippen molar-refractivity contribution in [3.8, 4) is 11.5 Å². The second-order valence-electron chi connectivity index (χ2n) is 8.19. The lowest BCUT2D eigenvalue weighted by atomic mass is 10.1. The van der Waals surface area contributed by atoms with Gasteiger partial charge in [-0.15, -0.1) is 4.48 Å². The van der Waals surface area contributed by atoms with E-state index in [1.54, 1.807) is 58.0 Å². The van der Waals surface area contributed by atoms with Gasteiger partial charge < -0.3 is 20.1 Å². The number of anilines is 3. The van der Waals surface area contributed by atoms with Gasteiger partial charge in [0.2, 0.25) is 0 Å². The summed E-state index contributed by atoms with van der Waals surface area (Å²) in [5, 5.41) is 5.72. The van der Waals surface area contributed by atoms with E-state index in [4.69, 9.17) is 4.74 Å². The Morgan fingerprint density at radius 1 is 1.14 bits per heavy atom. The van der Waals surface area contributed by atoms with Crippen LogP contribution in [0.5, 0.6) is 11.5 Å². The van der Waals surface area contributed by atoms with Crippen LogP contribution in [0.4, 0.5) is 26.1 Å². The van der Waals surface area contributed by atoms with Crippen LogP contribution in [0, 0.1) is 19.7 Å². The minimum Gasteiger partial charge on any atom is -0.456 e. The summed E-state index contributed by atoms with van der Waals surface area (Å²) in [7, 11) is 1.49. The van der Waals surface area contributed by atoms with Gasteiger partial charge in [0.15, 0.2) is 5.75 Å². The largest absolute Gasteiger partial charge is 0.456 e. The SMILES string of the molecule is Cc1ccc(Nc2c(C(=O)NC(C)C)c(Oc3cccc(NSNF)c3)c(C)c(=O)n2C)c(F)c1. The predicted molar refractivity (Wildman–Crippen MR) is 135 cm³/mol. The molecule has 0 radical (unpaired) electrons. The molecule has 0 fully saturated rings. The van der Waals surface area contributed by atoms with Gasteiger partial charge >= 0.3 is 0 Å². The molecule has 0 saturated heterocycles. The quantitative estimate of drug-likeness (QED) is 0.234. The summed E-state index contributed by atoms with van der Waals surface area (Å²) in [4.78, 5) is 27.8. The van der Waals surface area contributed by atoms with Gasteiger partial charge in [0.1, 0.15) is 22.9 Å². The first-order valence-corrected chi connectivity index (χ1v) is 11.6. The number of carbonyl (C=O) groups excluding carboxylic acids is 1. The monoisotopic (exact) mass is 503 g/mol. The Bertz CT molecular complexity index is 1300. The third kappa shape index (κ3) is 6.11. The maximum atomic E-state index is 14.7. The second-order valence-corrected chi connectivity index (χ2v) is 8.75. The van der Waals surface area contributed by atoms with Gasteiger partial charge in [0.25, 0.3) is 11.5 Å². The molecular weight excluding hydrogens is 476 g/mol. The topological polar surface area (TPSA) is 96.4 Å². The lowest BCUT2D eigenvalue weighted by Crippen LogP contribution is -2.34. The molecule has 0 aliphatic rings. The highest BCUT2D eigenvalue weighted by Gasteiger charge is 2.26. The molecule has 3 rings (SSSR count). The Hall–Kier alpha value is -3.57. The number of aryl methyl sites for hydroxylation is 1. The first kappa shape index (κ1) is 26.0. The highest BCUT2D eigenvalue weighted by atomic mass is 32.2. The third-order valence-corrected chi connectivity index (χ3v) is 5.47. The molecule has 0 aliphatic carbocycles. The maximum absolute atomic E-state index is 14.7. The average Bonchev–Trinajstić information content (AvgIpc) is 2.80. The van der Waals surface area contributed by atoms with Crippen LogP contribution in [-0.2, 0) is 7.05 Å². The molecule has 4 N–H and O–H groups in total. The number of halogens is 2. The Balaban J connectivity index is 2.18. The molecule has 0 aliphatic heterocycles. The summed E-state index contributed by atoms with van der Waals surface area (Å²) in [6, 6.07) is 11.0. The van der Waals surface area contributed by atoms with Crippen LogP contribution >= 0.6 is 12.1 Å². The number of hydrogen-bond donors (Lipinski definition) is 4. The van der Waals surface area contributed by atoms with Crippen LogP contribution in [-0.4, -0.2) is 16.5 Å². The van der Waals surface area contributed by atoms with Crippen molar-refractivity contribution in [2.45, 2.75) is 33.7 Å². The number of nitrogens with one attached hydrogen (secondary N) is 4. The summed E-state index contributed by atoms with van der Waals surface area (Å²) in [6.45, 7) is 6.90. The number of pyridine rings is 1. The first-order valence-electron chi connectivity index (χ1n) is 10.7. The molecule has 0 bridgehead atoms. The zero-order valence-electron chi connectivity index (χ0n) is 20.0. The maximum Gasteiger partial charge on any atom is 0.259 e. The molecule has 2 aromatic carbocycles. The van der Waals surface area contributed by atoms with E-state index >= 15 is 0 Å². The second kappa shape index (κ2) is 11.2. The standard InChI is InChI=1S/C24H27F2N5O3S/c1-13(2)27-23(32)20-21(34-17-8-6-7-16(12-17)29-35-30-26)15(4)24(33)31(5)22(20)28-19-10-9-14(3)11-18(19)25/h6-13,28-30H,1-5H3,(H,27,32). The first-order chi connectivity index (χ1) is 16.6. The highest BCUT2D eigenvalue weighted by Crippen LogP contribution is 2.35. The van der Waals surface area contributed by atoms with Crippen LogP contribution in [0.2, 0.25) is 0 Å². The van der Waals surface area contributed by atoms with Gasteiger partial charge in [-0.3, -0.25) is 14.2 Å². The lowest BCUT2D eigenvalue weighted by Gasteiger charge is -2.22. The summed E-state index contributed by atoms with van der Waals surface area (Å²) in [5.41, 5.74) is 1.14. The fourth-order valence-electron chi connectivity index (χ4n) is 3.40. The van der Waals surface area contributed by atoms with Crippen molar-refractivity contribution in [3.05, 3.63) is 75.3 Å². The van der Waals surface area contributed by atoms with E-state index < -0.39 is 17.3 Å². The van der Waals surface area contributed by atoms with Gasteiger partial charge in [0, 0.05) is 24.8 Å². The van der Waals surface area contributed by atoms with E-state index in [9.17, 15) is 18.5 Å². The Labute approximate surface area is 206 Å². The van der Waals surface area contributed by atoms with Crippen LogP contribution in [0.25, 0.3) is 0 Å². The summed E-state index contributed by atoms with van der Waals surface area (Å²) >= 11 is 0.619. The normalized spacial score (nSPS) is 10.9. The minimum atomic E-state index is -0.534. The lowest BCUT2D eigenvalue weighted by molar-refractivity contribution is 0.0941. The number of nitrogens with zero attached hydrogens (tertiary/aromatic N) is 1. The van der Waals surface area contributed by atoms with Gasteiger partial charge in [-0.05, 0) is 57.5 Å². The molecule has 35 heavy (non-hydrogen) atoms. The molecule has 11 heteroatoms. The van der Waals surface area contributed by atoms with E-state index in [0.717, 1.165) is 5.56 Å². The molecule has 0 saturated carbocycles. The summed E-state index contributed by atoms with van der Waals surface area (Å²) in [5.74, 6) is -0.641. The molecule has 1 aromatic heterocycles. The van der Waals surface area contributed by atoms with E-state index in [1.165, 1.54) is 28.7 Å². The smallest absolute Gasteiger partial charge is 0.259 e. The van der Waals surface area contributed by atoms with E-state index in [2.05, 4.69) is 15.4 Å². The zero-order chi connectivity index (χ0) is 25.7. The van der Waals surface area contributed by atoms with Gasteiger partial charge in [-0.1, -0.05) is 17.1 Å². The molecule has 0 spiro atoms. The molecule has 0 unspecified atom stereocenters. The summed E-state index contributed by atoms with van der Waals surface area (Å²) in [6.07, 6.45) is 0. The molecule has 1 amide bonds. The number of rotatable bonds is 9. The molecule has 3 aromatic rings. The van der Waals surface area contributed by atoms with Crippen molar-refractivity contribution in [1.29, 1.82) is 0 Å². The Morgan fingerprint density at radius 2 is 1.89 bits per heavy atom. The number of hydrogen-bond acceptors (Lipinski definition) is 7. The van der Waals surface area contributed by atoms with Crippen molar-refractivity contribution in [2.24, 2.45) is 7.05 Å². The number of carbonyl (C=O) groups is 1. The fraction of sp³-hybridized carbons (Fsp3) is 0.250. The molecular formula is C24H27F2N5O3S. The van der Waals surface area contributed by atoms with Crippen molar-refractivity contribution in [2.75, 3.05) is 10.0 Å². The number of ether oxygens (including phenoxy) is 1. The van der Waals surface area contributed by atoms with Crippen molar-refractivity contribution in [3.63, 3.8) is 0 Å². The zero-order valence-corrected chi connectivity index (χ0v) is 20.8. The minimum absolute atomic E-state index is 0.0229. The molecule has 8 nitrogen and oxygen atoms in total. The van der Waals surface area contributed by atoms with Crippen molar-refractivity contribution < 1.29 is 18.4 Å². The number of aromatic nitrogens is 1. The average molecular weight is 504 g/mol. The van der Waals surface area contributed by atoms with Crippen LogP contribution in [0.3, 0.4) is 0 Å². The van der Waals surface area contributed by atoms with Crippen molar-refractivity contribution >= 4 is 35.2 Å². The van der Waals surface area contributed by atoms with E-state index in [0.29, 0.717) is 23.6 Å². The van der Waals surface area contributed by atoms with Crippen LogP contribution < -0.4 is 30.6 Å². The van der Waals surface area contributed by atoms with Crippen LogP contribution in [0.15, 0.2) is 47.3 Å². The molecule has 186 valence electrons. The van der Waals surface area contributed by atoms with E-state index in [-0.39, 0.29) is 34.4 Å². The number of amides is 1. The predicted octanol–water partition coefficient (Wildman–Crippen LogP) is 5.26. The highest BCUT2D eigenvalue weighted by molar-refractivity contribution is 7.98. The van der Waals surface area contributed by atoms with Gasteiger partial charge in [-0.2, -0.15) is 0 Å². The van der Waals surface area contributed by atoms with Gasteiger partial charge in [0.05, 0.1) is 23.4 Å². The summed E-state index contributed by atoms with van der Waals surface area (Å²) < 4.78 is 37.0. The van der Waals surface area contributed by atoms with Crippen LogP contribution in [0.1, 0.15) is 35.3 Å². The fourth-order valence-corrected chi connectivity index (χ4v) is 3.68. The molecule has 0 atom stereocenters. The van der Waals surface area contributed by atoms with Gasteiger partial charge in [-0.25, -0.2) is 4.39 Å². The third-order valence-electron chi connectivity index (χ3n) is 5.05. The Morgan fingerprint density at radius 3 is 2.54 bits per heavy atom. The number of benzene rings is 2. The van der Waals surface area contributed by atoms with Crippen molar-refractivity contribution in [1.82, 2.24) is 14.8 Å². The Kier molecular flexibility index (Phi) is 8.36. The molecule has 1 heterocycles. The van der Waals surface area contributed by atoms with E-state index in [1.807, 2.05) is 0 Å².